The van der Waals surface area contributed by atoms with E-state index in [9.17, 15) is 0 Å². The van der Waals surface area contributed by atoms with Crippen molar-refractivity contribution in [2.24, 2.45) is 5.41 Å². The van der Waals surface area contributed by atoms with Gasteiger partial charge in [-0.15, -0.1) is 23.2 Å². The lowest BCUT2D eigenvalue weighted by molar-refractivity contribution is 0.354. The molecule has 0 radical (unpaired) electrons. The Balaban J connectivity index is 2.77. The van der Waals surface area contributed by atoms with E-state index in [0.717, 1.165) is 25.0 Å². The molecule has 0 bridgehead atoms. The monoisotopic (exact) mass is 276 g/mol. The Morgan fingerprint density at radius 1 is 1.35 bits per heavy atom. The van der Waals surface area contributed by atoms with Gasteiger partial charge in [-0.05, 0) is 32.3 Å². The molecule has 1 unspecified atom stereocenters. The molecule has 0 aliphatic rings. The highest BCUT2D eigenvalue weighted by molar-refractivity contribution is 6.21. The van der Waals surface area contributed by atoms with Crippen LogP contribution in [0.2, 0.25) is 0 Å². The number of rotatable bonds is 7. The number of aromatic nitrogens is 2. The molecular weight excluding hydrogens is 255 g/mol. The summed E-state index contributed by atoms with van der Waals surface area (Å²) in [6, 6.07) is 2.53. The zero-order valence-corrected chi connectivity index (χ0v) is 12.4. The van der Waals surface area contributed by atoms with Crippen molar-refractivity contribution < 1.29 is 0 Å². The molecule has 0 aliphatic heterocycles. The van der Waals surface area contributed by atoms with Crippen LogP contribution < -0.4 is 0 Å². The molecule has 4 heteroatoms. The summed E-state index contributed by atoms with van der Waals surface area (Å²) >= 11 is 12.1. The van der Waals surface area contributed by atoms with Crippen molar-refractivity contribution in [3.05, 3.63) is 18.0 Å². The first kappa shape index (κ1) is 14.8. The van der Waals surface area contributed by atoms with Gasteiger partial charge in [0.1, 0.15) is 0 Å². The highest BCUT2D eigenvalue weighted by Gasteiger charge is 2.27. The van der Waals surface area contributed by atoms with E-state index in [1.165, 1.54) is 0 Å². The van der Waals surface area contributed by atoms with Crippen LogP contribution >= 0.6 is 23.2 Å². The van der Waals surface area contributed by atoms with Crippen LogP contribution in [0, 0.1) is 5.41 Å². The van der Waals surface area contributed by atoms with E-state index in [2.05, 4.69) is 31.9 Å². The minimum Gasteiger partial charge on any atom is -0.270 e. The fraction of sp³-hybridized carbons (Fsp3) is 0.769. The quantitative estimate of drug-likeness (QED) is 0.680. The van der Waals surface area contributed by atoms with Crippen molar-refractivity contribution >= 4 is 23.2 Å². The van der Waals surface area contributed by atoms with Gasteiger partial charge in [-0.1, -0.05) is 13.8 Å². The van der Waals surface area contributed by atoms with Gasteiger partial charge in [-0.3, -0.25) is 4.68 Å². The minimum atomic E-state index is -0.0161. The summed E-state index contributed by atoms with van der Waals surface area (Å²) in [4.78, 5) is 0. The fourth-order valence-corrected chi connectivity index (χ4v) is 2.59. The standard InChI is InChI=1S/C13H22Cl2N2/c1-4-11(3)17-7-6-12(16-17)8-13(5-2,9-14)10-15/h6-7,11H,4-5,8-10H2,1-3H3. The molecule has 1 atom stereocenters. The van der Waals surface area contributed by atoms with Crippen LogP contribution in [0.15, 0.2) is 12.3 Å². The topological polar surface area (TPSA) is 17.8 Å². The van der Waals surface area contributed by atoms with Gasteiger partial charge in [0.15, 0.2) is 0 Å². The number of hydrogen-bond acceptors (Lipinski definition) is 1. The lowest BCUT2D eigenvalue weighted by atomic mass is 9.85. The highest BCUT2D eigenvalue weighted by atomic mass is 35.5. The minimum absolute atomic E-state index is 0.0161. The van der Waals surface area contributed by atoms with E-state index in [-0.39, 0.29) is 5.41 Å². The van der Waals surface area contributed by atoms with Crippen LogP contribution in [0.3, 0.4) is 0 Å². The van der Waals surface area contributed by atoms with E-state index < -0.39 is 0 Å². The number of nitrogens with zero attached hydrogens (tertiary/aromatic N) is 2. The van der Waals surface area contributed by atoms with Crippen LogP contribution in [0.5, 0.6) is 0 Å². The molecule has 17 heavy (non-hydrogen) atoms. The average molecular weight is 277 g/mol. The Kier molecular flexibility index (Phi) is 5.81. The second kappa shape index (κ2) is 6.65. The van der Waals surface area contributed by atoms with Crippen LogP contribution in [0.4, 0.5) is 0 Å². The van der Waals surface area contributed by atoms with Crippen molar-refractivity contribution in [1.29, 1.82) is 0 Å². The smallest absolute Gasteiger partial charge is 0.0631 e. The average Bonchev–Trinajstić information content (AvgIpc) is 2.83. The van der Waals surface area contributed by atoms with Gasteiger partial charge >= 0.3 is 0 Å². The number of alkyl halides is 2. The lowest BCUT2D eigenvalue weighted by Gasteiger charge is -2.27. The molecule has 0 aliphatic carbocycles. The van der Waals surface area contributed by atoms with Gasteiger partial charge in [0.2, 0.25) is 0 Å². The fourth-order valence-electron chi connectivity index (χ4n) is 1.73. The molecule has 0 fully saturated rings. The molecule has 1 rings (SSSR count). The third-order valence-electron chi connectivity index (χ3n) is 3.58. The Labute approximate surface area is 114 Å². The predicted molar refractivity (Wildman–Crippen MR) is 75.1 cm³/mol. The van der Waals surface area contributed by atoms with Crippen LogP contribution in [-0.4, -0.2) is 21.5 Å². The van der Waals surface area contributed by atoms with E-state index in [1.807, 2.05) is 10.9 Å². The molecule has 1 aromatic rings. The molecule has 1 heterocycles. The van der Waals surface area contributed by atoms with Crippen LogP contribution in [-0.2, 0) is 6.42 Å². The molecular formula is C13H22Cl2N2. The molecule has 1 aromatic heterocycles. The summed E-state index contributed by atoms with van der Waals surface area (Å²) in [5, 5.41) is 4.61. The maximum Gasteiger partial charge on any atom is 0.0631 e. The van der Waals surface area contributed by atoms with Gasteiger partial charge in [0.05, 0.1) is 5.69 Å². The summed E-state index contributed by atoms with van der Waals surface area (Å²) in [6.45, 7) is 6.48. The van der Waals surface area contributed by atoms with Crippen molar-refractivity contribution in [3.63, 3.8) is 0 Å². The molecule has 0 aromatic carbocycles. The van der Waals surface area contributed by atoms with E-state index in [1.54, 1.807) is 0 Å². The van der Waals surface area contributed by atoms with Gasteiger partial charge in [-0.2, -0.15) is 5.10 Å². The first-order chi connectivity index (χ1) is 8.10. The van der Waals surface area contributed by atoms with Crippen molar-refractivity contribution in [1.82, 2.24) is 9.78 Å². The Morgan fingerprint density at radius 3 is 2.47 bits per heavy atom. The predicted octanol–water partition coefficient (Wildman–Crippen LogP) is 4.27. The highest BCUT2D eigenvalue weighted by Crippen LogP contribution is 2.30. The molecule has 0 N–H and O–H groups in total. The Bertz CT molecular complexity index is 324. The maximum atomic E-state index is 6.05. The van der Waals surface area contributed by atoms with Gasteiger partial charge in [0.25, 0.3) is 0 Å². The van der Waals surface area contributed by atoms with Crippen molar-refractivity contribution in [3.8, 4) is 0 Å². The van der Waals surface area contributed by atoms with E-state index in [4.69, 9.17) is 23.2 Å². The molecule has 98 valence electrons. The van der Waals surface area contributed by atoms with Crippen LogP contribution in [0.1, 0.15) is 45.3 Å². The summed E-state index contributed by atoms with van der Waals surface area (Å²) in [7, 11) is 0. The summed E-state index contributed by atoms with van der Waals surface area (Å²) in [5.41, 5.74) is 1.08. The largest absolute Gasteiger partial charge is 0.270 e. The summed E-state index contributed by atoms with van der Waals surface area (Å²) in [5.74, 6) is 1.17. The first-order valence-corrected chi connectivity index (χ1v) is 7.33. The van der Waals surface area contributed by atoms with Crippen LogP contribution in [0.25, 0.3) is 0 Å². The third-order valence-corrected chi connectivity index (χ3v) is 4.71. The normalized spacial score (nSPS) is 13.9. The third kappa shape index (κ3) is 3.62. The Hall–Kier alpha value is -0.210. The molecule has 0 saturated carbocycles. The summed E-state index contributed by atoms with van der Waals surface area (Å²) < 4.78 is 2.03. The Morgan fingerprint density at radius 2 is 2.00 bits per heavy atom. The molecule has 2 nitrogen and oxygen atoms in total. The number of hydrogen-bond donors (Lipinski definition) is 0. The molecule has 0 amide bonds. The van der Waals surface area contributed by atoms with Crippen molar-refractivity contribution in [2.75, 3.05) is 11.8 Å². The maximum absolute atomic E-state index is 6.05. The lowest BCUT2D eigenvalue weighted by Crippen LogP contribution is -2.27. The first-order valence-electron chi connectivity index (χ1n) is 6.26. The zero-order valence-electron chi connectivity index (χ0n) is 10.9. The SMILES string of the molecule is CCC(C)n1ccc(CC(CC)(CCl)CCl)n1. The van der Waals surface area contributed by atoms with E-state index >= 15 is 0 Å². The van der Waals surface area contributed by atoms with Gasteiger partial charge in [-0.25, -0.2) is 0 Å². The van der Waals surface area contributed by atoms with E-state index in [0.29, 0.717) is 17.8 Å². The van der Waals surface area contributed by atoms with Gasteiger partial charge in [0, 0.05) is 29.4 Å². The van der Waals surface area contributed by atoms with Crippen molar-refractivity contribution in [2.45, 2.75) is 46.1 Å². The zero-order chi connectivity index (χ0) is 12.9. The second-order valence-corrected chi connectivity index (χ2v) is 5.38. The molecule has 0 saturated heterocycles. The second-order valence-electron chi connectivity index (χ2n) is 4.84. The number of halogens is 2. The summed E-state index contributed by atoms with van der Waals surface area (Å²) in [6.07, 6.45) is 4.98. The van der Waals surface area contributed by atoms with Gasteiger partial charge < -0.3 is 0 Å². The molecule has 0 spiro atoms.